The van der Waals surface area contributed by atoms with E-state index >= 15 is 0 Å². The van der Waals surface area contributed by atoms with Crippen molar-refractivity contribution < 1.29 is 18.3 Å². The van der Waals surface area contributed by atoms with Crippen LogP contribution in [0.1, 0.15) is 17.3 Å². The standard InChI is InChI=1S/C9H7F2IO2/c1-5(13)7-4-6(12)2-3-8(7)14-9(10)11/h2-4,9H,1H3. The Kier molecular flexibility index (Phi) is 3.79. The molecule has 0 aliphatic carbocycles. The van der Waals surface area contributed by atoms with Crippen molar-refractivity contribution in [3.05, 3.63) is 27.3 Å². The number of alkyl halides is 2. The van der Waals surface area contributed by atoms with Gasteiger partial charge in [-0.15, -0.1) is 0 Å². The highest BCUT2D eigenvalue weighted by Gasteiger charge is 2.12. The average Bonchev–Trinajstić information content (AvgIpc) is 2.07. The molecule has 0 saturated carbocycles. The smallest absolute Gasteiger partial charge is 0.387 e. The molecule has 0 aliphatic rings. The van der Waals surface area contributed by atoms with Gasteiger partial charge in [-0.2, -0.15) is 8.78 Å². The Morgan fingerprint density at radius 3 is 2.64 bits per heavy atom. The van der Waals surface area contributed by atoms with E-state index in [4.69, 9.17) is 0 Å². The summed E-state index contributed by atoms with van der Waals surface area (Å²) in [6, 6.07) is 4.48. The zero-order valence-electron chi connectivity index (χ0n) is 7.26. The summed E-state index contributed by atoms with van der Waals surface area (Å²) in [4.78, 5) is 11.1. The number of ketones is 1. The normalized spacial score (nSPS) is 10.4. The van der Waals surface area contributed by atoms with Crippen LogP contribution in [0, 0.1) is 3.57 Å². The lowest BCUT2D eigenvalue weighted by molar-refractivity contribution is -0.0501. The van der Waals surface area contributed by atoms with E-state index in [0.29, 0.717) is 0 Å². The minimum absolute atomic E-state index is 0.0760. The SMILES string of the molecule is CC(=O)c1cc(I)ccc1OC(F)F. The van der Waals surface area contributed by atoms with Gasteiger partial charge in [0.25, 0.3) is 0 Å². The van der Waals surface area contributed by atoms with E-state index in [1.165, 1.54) is 19.1 Å². The Labute approximate surface area is 93.4 Å². The molecule has 0 radical (unpaired) electrons. The topological polar surface area (TPSA) is 26.3 Å². The zero-order chi connectivity index (χ0) is 10.7. The Morgan fingerprint density at radius 1 is 1.50 bits per heavy atom. The first-order chi connectivity index (χ1) is 6.50. The van der Waals surface area contributed by atoms with Crippen molar-refractivity contribution in [2.75, 3.05) is 0 Å². The van der Waals surface area contributed by atoms with Crippen molar-refractivity contribution in [2.24, 2.45) is 0 Å². The summed E-state index contributed by atoms with van der Waals surface area (Å²) in [6.45, 7) is -1.60. The summed E-state index contributed by atoms with van der Waals surface area (Å²) in [5.74, 6) is -0.368. The first kappa shape index (κ1) is 11.4. The van der Waals surface area contributed by atoms with Gasteiger partial charge in [0.1, 0.15) is 5.75 Å². The molecule has 0 atom stereocenters. The van der Waals surface area contributed by atoms with Crippen LogP contribution in [0.3, 0.4) is 0 Å². The van der Waals surface area contributed by atoms with Crippen LogP contribution in [0.15, 0.2) is 18.2 Å². The lowest BCUT2D eigenvalue weighted by Gasteiger charge is -2.08. The lowest BCUT2D eigenvalue weighted by atomic mass is 10.1. The highest BCUT2D eigenvalue weighted by Crippen LogP contribution is 2.23. The number of benzene rings is 1. The molecular formula is C9H7F2IO2. The Morgan fingerprint density at radius 2 is 2.14 bits per heavy atom. The van der Waals surface area contributed by atoms with Gasteiger partial charge in [0, 0.05) is 3.57 Å². The summed E-state index contributed by atoms with van der Waals surface area (Å²) in [5, 5.41) is 0. The molecule has 0 amide bonds. The van der Waals surface area contributed by atoms with Gasteiger partial charge in [0.05, 0.1) is 5.56 Å². The number of hydrogen-bond donors (Lipinski definition) is 0. The van der Waals surface area contributed by atoms with Crippen LogP contribution < -0.4 is 4.74 Å². The van der Waals surface area contributed by atoms with E-state index in [1.54, 1.807) is 6.07 Å². The summed E-state index contributed by atoms with van der Waals surface area (Å²) in [6.07, 6.45) is 0. The molecule has 0 fully saturated rings. The molecule has 0 bridgehead atoms. The summed E-state index contributed by atoms with van der Waals surface area (Å²) in [5.41, 5.74) is 0.178. The van der Waals surface area contributed by atoms with Gasteiger partial charge in [0.15, 0.2) is 5.78 Å². The molecule has 0 aromatic heterocycles. The van der Waals surface area contributed by atoms with Gasteiger partial charge in [-0.1, -0.05) is 0 Å². The first-order valence-corrected chi connectivity index (χ1v) is 4.84. The van der Waals surface area contributed by atoms with Crippen molar-refractivity contribution in [3.63, 3.8) is 0 Å². The molecule has 0 saturated heterocycles. The third-order valence-corrected chi connectivity index (χ3v) is 2.21. The number of hydrogen-bond acceptors (Lipinski definition) is 2. The molecule has 5 heteroatoms. The van der Waals surface area contributed by atoms with Gasteiger partial charge in [0.2, 0.25) is 0 Å². The van der Waals surface area contributed by atoms with E-state index in [-0.39, 0.29) is 17.1 Å². The molecule has 1 aromatic carbocycles. The number of ether oxygens (including phenoxy) is 1. The third kappa shape index (κ3) is 2.90. The second-order valence-electron chi connectivity index (χ2n) is 2.58. The quantitative estimate of drug-likeness (QED) is 0.633. The van der Waals surface area contributed by atoms with E-state index in [1.807, 2.05) is 22.6 Å². The van der Waals surface area contributed by atoms with Crippen molar-refractivity contribution in [1.82, 2.24) is 0 Å². The average molecular weight is 312 g/mol. The molecule has 0 aliphatic heterocycles. The first-order valence-electron chi connectivity index (χ1n) is 3.76. The van der Waals surface area contributed by atoms with E-state index < -0.39 is 6.61 Å². The monoisotopic (exact) mass is 312 g/mol. The molecule has 1 rings (SSSR count). The molecule has 0 spiro atoms. The number of rotatable bonds is 3. The fourth-order valence-corrected chi connectivity index (χ4v) is 1.47. The van der Waals surface area contributed by atoms with E-state index in [2.05, 4.69) is 4.74 Å². The molecule has 0 heterocycles. The lowest BCUT2D eigenvalue weighted by Crippen LogP contribution is -2.06. The second kappa shape index (κ2) is 4.68. The summed E-state index contributed by atoms with van der Waals surface area (Å²) < 4.78 is 28.9. The van der Waals surface area contributed by atoms with Gasteiger partial charge < -0.3 is 4.74 Å². The maximum Gasteiger partial charge on any atom is 0.387 e. The molecule has 76 valence electrons. The van der Waals surface area contributed by atoms with Gasteiger partial charge in [-0.25, -0.2) is 0 Å². The molecule has 1 aromatic rings. The van der Waals surface area contributed by atoms with Crippen LogP contribution >= 0.6 is 22.6 Å². The van der Waals surface area contributed by atoms with E-state index in [0.717, 1.165) is 3.57 Å². The molecule has 0 unspecified atom stereocenters. The highest BCUT2D eigenvalue weighted by molar-refractivity contribution is 14.1. The summed E-state index contributed by atoms with van der Waals surface area (Å²) >= 11 is 1.99. The Bertz CT molecular complexity index is 353. The van der Waals surface area contributed by atoms with Gasteiger partial charge in [-0.3, -0.25) is 4.79 Å². The molecule has 2 nitrogen and oxygen atoms in total. The predicted molar refractivity (Wildman–Crippen MR) is 55.8 cm³/mol. The zero-order valence-corrected chi connectivity index (χ0v) is 9.42. The van der Waals surface area contributed by atoms with Crippen LogP contribution in [0.2, 0.25) is 0 Å². The maximum absolute atomic E-state index is 11.9. The van der Waals surface area contributed by atoms with Crippen LogP contribution in [-0.4, -0.2) is 12.4 Å². The number of halogens is 3. The molecule has 0 N–H and O–H groups in total. The highest BCUT2D eigenvalue weighted by atomic mass is 127. The number of Topliss-reactive ketones (excluding diaryl/α,β-unsaturated/α-hetero) is 1. The minimum atomic E-state index is -2.91. The van der Waals surface area contributed by atoms with Gasteiger partial charge in [-0.05, 0) is 47.7 Å². The van der Waals surface area contributed by atoms with Crippen molar-refractivity contribution in [1.29, 1.82) is 0 Å². The summed E-state index contributed by atoms with van der Waals surface area (Å²) in [7, 11) is 0. The van der Waals surface area contributed by atoms with Crippen LogP contribution in [0.25, 0.3) is 0 Å². The van der Waals surface area contributed by atoms with Crippen molar-refractivity contribution in [3.8, 4) is 5.75 Å². The molecule has 14 heavy (non-hydrogen) atoms. The van der Waals surface area contributed by atoms with Crippen LogP contribution in [0.5, 0.6) is 5.75 Å². The Balaban J connectivity index is 3.08. The third-order valence-electron chi connectivity index (χ3n) is 1.54. The fourth-order valence-electron chi connectivity index (χ4n) is 0.976. The van der Waals surface area contributed by atoms with Crippen LogP contribution in [-0.2, 0) is 0 Å². The predicted octanol–water partition coefficient (Wildman–Crippen LogP) is 3.10. The number of carbonyl (C=O) groups excluding carboxylic acids is 1. The molecular weight excluding hydrogens is 305 g/mol. The van der Waals surface area contributed by atoms with Crippen molar-refractivity contribution >= 4 is 28.4 Å². The number of carbonyl (C=O) groups is 1. The second-order valence-corrected chi connectivity index (χ2v) is 3.82. The van der Waals surface area contributed by atoms with Gasteiger partial charge >= 0.3 is 6.61 Å². The largest absolute Gasteiger partial charge is 0.434 e. The minimum Gasteiger partial charge on any atom is -0.434 e. The van der Waals surface area contributed by atoms with Crippen LogP contribution in [0.4, 0.5) is 8.78 Å². The van der Waals surface area contributed by atoms with Crippen molar-refractivity contribution in [2.45, 2.75) is 13.5 Å². The maximum atomic E-state index is 11.9. The van der Waals surface area contributed by atoms with E-state index in [9.17, 15) is 13.6 Å². The fraction of sp³-hybridized carbons (Fsp3) is 0.222. The Hall–Kier alpha value is -0.720.